The lowest BCUT2D eigenvalue weighted by atomic mass is 9.97. The van der Waals surface area contributed by atoms with Gasteiger partial charge in [0.1, 0.15) is 5.78 Å². The van der Waals surface area contributed by atoms with Gasteiger partial charge in [0.05, 0.1) is 0 Å². The van der Waals surface area contributed by atoms with E-state index in [0.29, 0.717) is 13.0 Å². The third-order valence-corrected chi connectivity index (χ3v) is 2.06. The average molecular weight is 178 g/mol. The van der Waals surface area contributed by atoms with E-state index < -0.39 is 0 Å². The van der Waals surface area contributed by atoms with Gasteiger partial charge in [0, 0.05) is 24.9 Å². The first kappa shape index (κ1) is 9.86. The molecule has 0 aliphatic heterocycles. The van der Waals surface area contributed by atoms with E-state index in [4.69, 9.17) is 5.73 Å². The number of hydrogen-bond acceptors (Lipinski definition) is 3. The Morgan fingerprint density at radius 1 is 1.69 bits per heavy atom. The Kier molecular flexibility index (Phi) is 3.58. The molecule has 1 rings (SSSR count). The largest absolute Gasteiger partial charge is 0.330 e. The first-order valence-corrected chi connectivity index (χ1v) is 4.33. The SMILES string of the molecule is CC(=O)C(CN)Cc1cccnc1. The molecule has 13 heavy (non-hydrogen) atoms. The molecule has 1 aromatic heterocycles. The van der Waals surface area contributed by atoms with E-state index in [1.54, 1.807) is 19.3 Å². The number of nitrogens with zero attached hydrogens (tertiary/aromatic N) is 1. The van der Waals surface area contributed by atoms with Crippen LogP contribution in [0, 0.1) is 5.92 Å². The van der Waals surface area contributed by atoms with Crippen LogP contribution in [0.2, 0.25) is 0 Å². The molecule has 0 saturated carbocycles. The zero-order chi connectivity index (χ0) is 9.68. The molecule has 2 N–H and O–H groups in total. The highest BCUT2D eigenvalue weighted by molar-refractivity contribution is 5.78. The van der Waals surface area contributed by atoms with Crippen LogP contribution in [0.3, 0.4) is 0 Å². The standard InChI is InChI=1S/C10H14N2O/c1-8(13)10(6-11)5-9-3-2-4-12-7-9/h2-4,7,10H,5-6,11H2,1H3. The minimum Gasteiger partial charge on any atom is -0.330 e. The Morgan fingerprint density at radius 2 is 2.46 bits per heavy atom. The summed E-state index contributed by atoms with van der Waals surface area (Å²) in [7, 11) is 0. The summed E-state index contributed by atoms with van der Waals surface area (Å²) in [6.07, 6.45) is 4.18. The van der Waals surface area contributed by atoms with Crippen LogP contribution in [0.4, 0.5) is 0 Å². The van der Waals surface area contributed by atoms with Gasteiger partial charge in [-0.3, -0.25) is 9.78 Å². The van der Waals surface area contributed by atoms with Gasteiger partial charge in [0.15, 0.2) is 0 Å². The summed E-state index contributed by atoms with van der Waals surface area (Å²) < 4.78 is 0. The number of carbonyl (C=O) groups is 1. The van der Waals surface area contributed by atoms with Gasteiger partial charge in [-0.25, -0.2) is 0 Å². The van der Waals surface area contributed by atoms with Crippen LogP contribution in [-0.4, -0.2) is 17.3 Å². The number of hydrogen-bond donors (Lipinski definition) is 1. The molecule has 1 unspecified atom stereocenters. The van der Waals surface area contributed by atoms with Gasteiger partial charge < -0.3 is 5.73 Å². The Morgan fingerprint density at radius 3 is 2.92 bits per heavy atom. The zero-order valence-electron chi connectivity index (χ0n) is 7.73. The molecule has 0 aliphatic carbocycles. The minimum absolute atomic E-state index is 0.0656. The monoisotopic (exact) mass is 178 g/mol. The maximum absolute atomic E-state index is 11.1. The number of pyridine rings is 1. The van der Waals surface area contributed by atoms with E-state index in [1.165, 1.54) is 0 Å². The first-order chi connectivity index (χ1) is 6.24. The molecule has 0 amide bonds. The molecule has 0 spiro atoms. The molecule has 0 saturated heterocycles. The van der Waals surface area contributed by atoms with Crippen molar-refractivity contribution in [1.82, 2.24) is 4.98 Å². The number of carbonyl (C=O) groups excluding carboxylic acids is 1. The number of nitrogens with two attached hydrogens (primary N) is 1. The van der Waals surface area contributed by atoms with Crippen molar-refractivity contribution in [2.75, 3.05) is 6.54 Å². The quantitative estimate of drug-likeness (QED) is 0.741. The predicted octanol–water partition coefficient (Wildman–Crippen LogP) is 0.788. The van der Waals surface area contributed by atoms with Gasteiger partial charge in [0.25, 0.3) is 0 Å². The summed E-state index contributed by atoms with van der Waals surface area (Å²) in [4.78, 5) is 15.1. The van der Waals surface area contributed by atoms with Crippen LogP contribution in [0.25, 0.3) is 0 Å². The Balaban J connectivity index is 2.62. The second-order valence-electron chi connectivity index (χ2n) is 3.11. The smallest absolute Gasteiger partial charge is 0.134 e. The van der Waals surface area contributed by atoms with Gasteiger partial charge in [-0.15, -0.1) is 0 Å². The molecule has 0 aromatic carbocycles. The van der Waals surface area contributed by atoms with Crippen molar-refractivity contribution in [2.45, 2.75) is 13.3 Å². The zero-order valence-corrected chi connectivity index (χ0v) is 7.73. The first-order valence-electron chi connectivity index (χ1n) is 4.33. The number of aromatic nitrogens is 1. The maximum Gasteiger partial charge on any atom is 0.134 e. The molecule has 0 aliphatic rings. The highest BCUT2D eigenvalue weighted by Crippen LogP contribution is 2.06. The molecule has 3 heteroatoms. The van der Waals surface area contributed by atoms with Crippen molar-refractivity contribution in [3.05, 3.63) is 30.1 Å². The van der Waals surface area contributed by atoms with E-state index in [9.17, 15) is 4.79 Å². The van der Waals surface area contributed by atoms with Crippen molar-refractivity contribution in [3.63, 3.8) is 0 Å². The molecule has 0 fully saturated rings. The van der Waals surface area contributed by atoms with Crippen LogP contribution >= 0.6 is 0 Å². The van der Waals surface area contributed by atoms with E-state index in [2.05, 4.69) is 4.98 Å². The molecular formula is C10H14N2O. The lowest BCUT2D eigenvalue weighted by molar-refractivity contribution is -0.120. The molecule has 70 valence electrons. The van der Waals surface area contributed by atoms with E-state index in [1.807, 2.05) is 12.1 Å². The van der Waals surface area contributed by atoms with Gasteiger partial charge in [0.2, 0.25) is 0 Å². The lowest BCUT2D eigenvalue weighted by Gasteiger charge is -2.09. The average Bonchev–Trinajstić information content (AvgIpc) is 2.15. The van der Waals surface area contributed by atoms with Crippen molar-refractivity contribution in [3.8, 4) is 0 Å². The van der Waals surface area contributed by atoms with Crippen molar-refractivity contribution in [1.29, 1.82) is 0 Å². The third-order valence-electron chi connectivity index (χ3n) is 2.06. The van der Waals surface area contributed by atoms with Crippen LogP contribution in [-0.2, 0) is 11.2 Å². The highest BCUT2D eigenvalue weighted by atomic mass is 16.1. The maximum atomic E-state index is 11.1. The molecule has 1 aromatic rings. The van der Waals surface area contributed by atoms with Crippen LogP contribution < -0.4 is 5.73 Å². The molecule has 1 heterocycles. The van der Waals surface area contributed by atoms with Gasteiger partial charge in [-0.1, -0.05) is 6.07 Å². The molecule has 0 radical (unpaired) electrons. The second-order valence-corrected chi connectivity index (χ2v) is 3.11. The van der Waals surface area contributed by atoms with Crippen LogP contribution in [0.5, 0.6) is 0 Å². The lowest BCUT2D eigenvalue weighted by Crippen LogP contribution is -2.23. The minimum atomic E-state index is -0.0656. The van der Waals surface area contributed by atoms with E-state index in [0.717, 1.165) is 5.56 Å². The fourth-order valence-corrected chi connectivity index (χ4v) is 1.20. The van der Waals surface area contributed by atoms with Gasteiger partial charge >= 0.3 is 0 Å². The normalized spacial score (nSPS) is 12.5. The fourth-order valence-electron chi connectivity index (χ4n) is 1.20. The Hall–Kier alpha value is -1.22. The molecule has 1 atom stereocenters. The summed E-state index contributed by atoms with van der Waals surface area (Å²) in [5.74, 6) is 0.0792. The fraction of sp³-hybridized carbons (Fsp3) is 0.400. The van der Waals surface area contributed by atoms with E-state index in [-0.39, 0.29) is 11.7 Å². The van der Waals surface area contributed by atoms with Crippen molar-refractivity contribution in [2.24, 2.45) is 11.7 Å². The summed E-state index contributed by atoms with van der Waals surface area (Å²) in [5, 5.41) is 0. The summed E-state index contributed by atoms with van der Waals surface area (Å²) >= 11 is 0. The number of Topliss-reactive ketones (excluding diaryl/α,β-unsaturated/α-hetero) is 1. The second kappa shape index (κ2) is 4.72. The predicted molar refractivity (Wildman–Crippen MR) is 51.2 cm³/mol. The Labute approximate surface area is 78.0 Å². The number of ketones is 1. The van der Waals surface area contributed by atoms with Crippen LogP contribution in [0.15, 0.2) is 24.5 Å². The van der Waals surface area contributed by atoms with Crippen LogP contribution in [0.1, 0.15) is 12.5 Å². The highest BCUT2D eigenvalue weighted by Gasteiger charge is 2.12. The molecule has 3 nitrogen and oxygen atoms in total. The van der Waals surface area contributed by atoms with E-state index >= 15 is 0 Å². The van der Waals surface area contributed by atoms with Gasteiger partial charge in [-0.05, 0) is 25.0 Å². The molecular weight excluding hydrogens is 164 g/mol. The molecule has 0 bridgehead atoms. The van der Waals surface area contributed by atoms with Crippen molar-refractivity contribution >= 4 is 5.78 Å². The third kappa shape index (κ3) is 2.95. The Bertz CT molecular complexity index is 272. The van der Waals surface area contributed by atoms with Crippen molar-refractivity contribution < 1.29 is 4.79 Å². The summed E-state index contributed by atoms with van der Waals surface area (Å²) in [6, 6.07) is 3.82. The number of rotatable bonds is 4. The van der Waals surface area contributed by atoms with Gasteiger partial charge in [-0.2, -0.15) is 0 Å². The topological polar surface area (TPSA) is 56.0 Å². The summed E-state index contributed by atoms with van der Waals surface area (Å²) in [6.45, 7) is 1.98. The summed E-state index contributed by atoms with van der Waals surface area (Å²) in [5.41, 5.74) is 6.54.